The molecule has 0 aromatic heterocycles. The molecule has 2 aromatic carbocycles. The summed E-state index contributed by atoms with van der Waals surface area (Å²) in [5, 5.41) is 3.97. The van der Waals surface area contributed by atoms with Crippen molar-refractivity contribution in [2.75, 3.05) is 35.5 Å². The van der Waals surface area contributed by atoms with Crippen molar-refractivity contribution in [2.24, 2.45) is 5.10 Å². The van der Waals surface area contributed by atoms with Gasteiger partial charge in [-0.05, 0) is 24.3 Å². The third-order valence-electron chi connectivity index (χ3n) is 3.68. The predicted octanol–water partition coefficient (Wildman–Crippen LogP) is 2.49. The monoisotopic (exact) mass is 374 g/mol. The number of hydrazone groups is 1. The molecule has 0 spiro atoms. The summed E-state index contributed by atoms with van der Waals surface area (Å²) in [7, 11) is 7.57. The van der Waals surface area contributed by atoms with E-state index in [9.17, 15) is 4.79 Å². The van der Waals surface area contributed by atoms with Crippen molar-refractivity contribution in [3.63, 3.8) is 0 Å². The Hall–Kier alpha value is -3.42. The number of methoxy groups -OCH3 is 5. The summed E-state index contributed by atoms with van der Waals surface area (Å²) < 4.78 is 26.1. The predicted molar refractivity (Wildman–Crippen MR) is 101 cm³/mol. The molecule has 0 aliphatic carbocycles. The summed E-state index contributed by atoms with van der Waals surface area (Å²) in [6.07, 6.45) is 1.49. The number of nitrogens with one attached hydrogen (secondary N) is 1. The SMILES string of the molecule is COc1cc(C=NNC(=O)c2cc(OC)c(OC)c(OC)c2)cc(OC)c1. The first-order chi connectivity index (χ1) is 13.1. The normalized spacial score (nSPS) is 10.4. The number of carbonyl (C=O) groups excluding carboxylic acids is 1. The van der Waals surface area contributed by atoms with Gasteiger partial charge in [0.15, 0.2) is 11.5 Å². The fraction of sp³-hybridized carbons (Fsp3) is 0.263. The molecule has 0 atom stereocenters. The van der Waals surface area contributed by atoms with Crippen LogP contribution in [0, 0.1) is 0 Å². The van der Waals surface area contributed by atoms with Gasteiger partial charge in [0.1, 0.15) is 11.5 Å². The second kappa shape index (κ2) is 9.33. The molecule has 1 amide bonds. The smallest absolute Gasteiger partial charge is 0.271 e. The van der Waals surface area contributed by atoms with Crippen molar-refractivity contribution in [1.82, 2.24) is 5.43 Å². The highest BCUT2D eigenvalue weighted by molar-refractivity contribution is 5.96. The largest absolute Gasteiger partial charge is 0.497 e. The Morgan fingerprint density at radius 3 is 1.81 bits per heavy atom. The van der Waals surface area contributed by atoms with E-state index in [0.717, 1.165) is 0 Å². The van der Waals surface area contributed by atoms with E-state index in [-0.39, 0.29) is 0 Å². The molecule has 1 N–H and O–H groups in total. The first-order valence-electron chi connectivity index (χ1n) is 7.92. The van der Waals surface area contributed by atoms with Crippen LogP contribution in [-0.2, 0) is 0 Å². The Morgan fingerprint density at radius 2 is 1.37 bits per heavy atom. The van der Waals surface area contributed by atoms with Crippen LogP contribution in [0.2, 0.25) is 0 Å². The van der Waals surface area contributed by atoms with E-state index in [4.69, 9.17) is 23.7 Å². The average molecular weight is 374 g/mol. The summed E-state index contributed by atoms with van der Waals surface area (Å²) in [5.74, 6) is 1.97. The highest BCUT2D eigenvalue weighted by Gasteiger charge is 2.16. The number of hydrogen-bond donors (Lipinski definition) is 1. The summed E-state index contributed by atoms with van der Waals surface area (Å²) in [6.45, 7) is 0. The number of carbonyl (C=O) groups is 1. The van der Waals surface area contributed by atoms with Gasteiger partial charge >= 0.3 is 0 Å². The van der Waals surface area contributed by atoms with Crippen molar-refractivity contribution in [3.8, 4) is 28.7 Å². The maximum absolute atomic E-state index is 12.4. The highest BCUT2D eigenvalue weighted by Crippen LogP contribution is 2.38. The summed E-state index contributed by atoms with van der Waals surface area (Å²) in [6, 6.07) is 8.35. The van der Waals surface area contributed by atoms with E-state index < -0.39 is 5.91 Å². The molecular formula is C19H22N2O6. The van der Waals surface area contributed by atoms with Crippen LogP contribution in [-0.4, -0.2) is 47.7 Å². The van der Waals surface area contributed by atoms with Crippen LogP contribution in [0.4, 0.5) is 0 Å². The lowest BCUT2D eigenvalue weighted by molar-refractivity contribution is 0.0954. The third kappa shape index (κ3) is 4.81. The highest BCUT2D eigenvalue weighted by atomic mass is 16.5. The molecule has 2 aromatic rings. The molecule has 0 radical (unpaired) electrons. The van der Waals surface area contributed by atoms with Gasteiger partial charge in [-0.1, -0.05) is 0 Å². The minimum atomic E-state index is -0.430. The number of hydrogen-bond acceptors (Lipinski definition) is 7. The van der Waals surface area contributed by atoms with E-state index in [1.807, 2.05) is 0 Å². The van der Waals surface area contributed by atoms with Gasteiger partial charge < -0.3 is 23.7 Å². The molecule has 27 heavy (non-hydrogen) atoms. The molecule has 2 rings (SSSR count). The van der Waals surface area contributed by atoms with Crippen LogP contribution in [0.1, 0.15) is 15.9 Å². The van der Waals surface area contributed by atoms with Gasteiger partial charge in [0.25, 0.3) is 5.91 Å². The maximum Gasteiger partial charge on any atom is 0.271 e. The number of rotatable bonds is 8. The summed E-state index contributed by atoms with van der Waals surface area (Å²) in [4.78, 5) is 12.4. The molecular weight excluding hydrogens is 352 g/mol. The van der Waals surface area contributed by atoms with Crippen LogP contribution in [0.5, 0.6) is 28.7 Å². The number of ether oxygens (including phenoxy) is 5. The Kier molecular flexibility index (Phi) is 6.87. The van der Waals surface area contributed by atoms with Gasteiger partial charge in [-0.25, -0.2) is 5.43 Å². The summed E-state index contributed by atoms with van der Waals surface area (Å²) in [5.41, 5.74) is 3.47. The maximum atomic E-state index is 12.4. The first-order valence-corrected chi connectivity index (χ1v) is 7.92. The molecule has 0 heterocycles. The molecule has 0 aliphatic heterocycles. The molecule has 0 saturated carbocycles. The van der Waals surface area contributed by atoms with Crippen LogP contribution in [0.15, 0.2) is 35.4 Å². The fourth-order valence-electron chi connectivity index (χ4n) is 2.35. The van der Waals surface area contributed by atoms with Crippen molar-refractivity contribution < 1.29 is 28.5 Å². The van der Waals surface area contributed by atoms with Gasteiger partial charge in [-0.15, -0.1) is 0 Å². The summed E-state index contributed by atoms with van der Waals surface area (Å²) >= 11 is 0. The topological polar surface area (TPSA) is 87.6 Å². The standard InChI is InChI=1S/C19H22N2O6/c1-23-14-6-12(7-15(10-14)24-2)11-20-21-19(22)13-8-16(25-3)18(27-5)17(9-13)26-4/h6-11H,1-5H3,(H,21,22). The minimum absolute atomic E-state index is 0.310. The van der Waals surface area contributed by atoms with Crippen molar-refractivity contribution in [1.29, 1.82) is 0 Å². The Bertz CT molecular complexity index is 788. The van der Waals surface area contributed by atoms with Crippen molar-refractivity contribution in [3.05, 3.63) is 41.5 Å². The number of benzene rings is 2. The minimum Gasteiger partial charge on any atom is -0.497 e. The van der Waals surface area contributed by atoms with Gasteiger partial charge in [-0.3, -0.25) is 4.79 Å². The third-order valence-corrected chi connectivity index (χ3v) is 3.68. The zero-order chi connectivity index (χ0) is 19.8. The Morgan fingerprint density at radius 1 is 0.815 bits per heavy atom. The van der Waals surface area contributed by atoms with E-state index in [1.165, 1.54) is 27.5 Å². The van der Waals surface area contributed by atoms with Gasteiger partial charge in [0.05, 0.1) is 41.8 Å². The van der Waals surface area contributed by atoms with Crippen molar-refractivity contribution in [2.45, 2.75) is 0 Å². The molecule has 144 valence electrons. The second-order valence-corrected chi connectivity index (χ2v) is 5.26. The zero-order valence-corrected chi connectivity index (χ0v) is 15.9. The lowest BCUT2D eigenvalue weighted by Gasteiger charge is -2.13. The molecule has 0 aliphatic rings. The van der Waals surface area contributed by atoms with Crippen LogP contribution < -0.4 is 29.1 Å². The van der Waals surface area contributed by atoms with Gasteiger partial charge in [0, 0.05) is 17.2 Å². The quantitative estimate of drug-likeness (QED) is 0.564. The lowest BCUT2D eigenvalue weighted by atomic mass is 10.1. The van der Waals surface area contributed by atoms with Crippen LogP contribution >= 0.6 is 0 Å². The number of amides is 1. The Labute approximate surface area is 157 Å². The Balaban J connectivity index is 2.19. The molecule has 0 unspecified atom stereocenters. The van der Waals surface area contributed by atoms with Gasteiger partial charge in [0.2, 0.25) is 5.75 Å². The molecule has 8 nitrogen and oxygen atoms in total. The zero-order valence-electron chi connectivity index (χ0n) is 15.9. The van der Waals surface area contributed by atoms with E-state index in [1.54, 1.807) is 44.6 Å². The molecule has 0 fully saturated rings. The van der Waals surface area contributed by atoms with E-state index in [2.05, 4.69) is 10.5 Å². The number of nitrogens with zero attached hydrogens (tertiary/aromatic N) is 1. The van der Waals surface area contributed by atoms with Crippen LogP contribution in [0.3, 0.4) is 0 Å². The second-order valence-electron chi connectivity index (χ2n) is 5.26. The van der Waals surface area contributed by atoms with Gasteiger partial charge in [-0.2, -0.15) is 5.10 Å². The van der Waals surface area contributed by atoms with E-state index >= 15 is 0 Å². The lowest BCUT2D eigenvalue weighted by Crippen LogP contribution is -2.18. The van der Waals surface area contributed by atoms with Crippen molar-refractivity contribution >= 4 is 12.1 Å². The molecule has 0 saturated heterocycles. The van der Waals surface area contributed by atoms with Crippen LogP contribution in [0.25, 0.3) is 0 Å². The van der Waals surface area contributed by atoms with E-state index in [0.29, 0.717) is 39.9 Å². The molecule has 8 heteroatoms. The first kappa shape index (κ1) is 19.9. The molecule has 0 bridgehead atoms. The average Bonchev–Trinajstić information content (AvgIpc) is 2.71. The fourth-order valence-corrected chi connectivity index (χ4v) is 2.35.